The minimum absolute atomic E-state index is 0.146. The van der Waals surface area contributed by atoms with Crippen LogP contribution in [0.15, 0.2) is 17.9 Å². The van der Waals surface area contributed by atoms with Crippen molar-refractivity contribution in [2.45, 2.75) is 39.2 Å². The maximum Gasteiger partial charge on any atom is 0.513 e. The van der Waals surface area contributed by atoms with Crippen molar-refractivity contribution in [2.24, 2.45) is 0 Å². The molecule has 0 unspecified atom stereocenters. The number of methoxy groups -OCH3 is 1. The third-order valence-electron chi connectivity index (χ3n) is 5.95. The third-order valence-corrected chi connectivity index (χ3v) is 6.17. The van der Waals surface area contributed by atoms with Crippen LogP contribution in [0.4, 0.5) is 4.79 Å². The van der Waals surface area contributed by atoms with Gasteiger partial charge in [0, 0.05) is 25.2 Å². The number of aryl methyl sites for hydroxylation is 2. The molecule has 0 N–H and O–H groups in total. The van der Waals surface area contributed by atoms with E-state index in [1.165, 1.54) is 5.06 Å². The van der Waals surface area contributed by atoms with Crippen LogP contribution in [0.1, 0.15) is 36.5 Å². The Balaban J connectivity index is 2.18. The molecule has 0 saturated carbocycles. The van der Waals surface area contributed by atoms with Gasteiger partial charge in [-0.25, -0.2) is 9.86 Å². The van der Waals surface area contributed by atoms with Crippen molar-refractivity contribution in [1.82, 2.24) is 10.1 Å². The summed E-state index contributed by atoms with van der Waals surface area (Å²) in [6.07, 6.45) is 0.00169. The summed E-state index contributed by atoms with van der Waals surface area (Å²) in [5, 5.41) is 3.70. The Bertz CT molecular complexity index is 902. The van der Waals surface area contributed by atoms with Crippen LogP contribution in [0.25, 0.3) is 5.57 Å². The van der Waals surface area contributed by atoms with Crippen molar-refractivity contribution < 1.29 is 33.5 Å². The first-order valence-electron chi connectivity index (χ1n) is 10.9. The van der Waals surface area contributed by atoms with Gasteiger partial charge in [0.05, 0.1) is 32.5 Å². The Labute approximate surface area is 199 Å². The molecule has 182 valence electrons. The van der Waals surface area contributed by atoms with Gasteiger partial charge in [-0.3, -0.25) is 9.63 Å². The average Bonchev–Trinajstić information content (AvgIpc) is 2.97. The first kappa shape index (κ1) is 25.5. The molecule has 1 aromatic carbocycles. The zero-order chi connectivity index (χ0) is 24.2. The molecule has 0 aliphatic carbocycles. The first-order valence-corrected chi connectivity index (χ1v) is 11.3. The number of ether oxygens (including phenoxy) is 3. The van der Waals surface area contributed by atoms with Gasteiger partial charge in [0.15, 0.2) is 5.76 Å². The quantitative estimate of drug-likeness (QED) is 0.410. The molecule has 1 aromatic rings. The maximum absolute atomic E-state index is 13.9. The SMILES string of the molecule is CCOC(=O)OC1=C(c2c(C)cc(Cl)cc2C)C(=O)N(OCCOC)C12CCN(OC)CC2. The lowest BCUT2D eigenvalue weighted by molar-refractivity contribution is -0.235. The summed E-state index contributed by atoms with van der Waals surface area (Å²) < 4.78 is 16.0. The monoisotopic (exact) mass is 482 g/mol. The fraction of sp³-hybridized carbons (Fsp3) is 0.565. The molecule has 0 atom stereocenters. The van der Waals surface area contributed by atoms with Gasteiger partial charge < -0.3 is 19.0 Å². The Morgan fingerprint density at radius 2 is 1.76 bits per heavy atom. The highest BCUT2D eigenvalue weighted by atomic mass is 35.5. The van der Waals surface area contributed by atoms with E-state index in [0.29, 0.717) is 43.1 Å². The number of piperidine rings is 1. The predicted octanol–water partition coefficient (Wildman–Crippen LogP) is 3.66. The summed E-state index contributed by atoms with van der Waals surface area (Å²) in [5.41, 5.74) is 1.52. The molecule has 2 aliphatic heterocycles. The van der Waals surface area contributed by atoms with Crippen molar-refractivity contribution in [3.05, 3.63) is 39.6 Å². The molecule has 9 nitrogen and oxygen atoms in total. The topological polar surface area (TPSA) is 86.8 Å². The van der Waals surface area contributed by atoms with Crippen molar-refractivity contribution in [3.8, 4) is 0 Å². The molecule has 33 heavy (non-hydrogen) atoms. The third kappa shape index (κ3) is 5.02. The molecule has 2 aliphatic rings. The summed E-state index contributed by atoms with van der Waals surface area (Å²) in [6, 6.07) is 3.56. The van der Waals surface area contributed by atoms with Crippen molar-refractivity contribution in [3.63, 3.8) is 0 Å². The average molecular weight is 483 g/mol. The van der Waals surface area contributed by atoms with Crippen molar-refractivity contribution in [2.75, 3.05) is 47.1 Å². The molecule has 0 bridgehead atoms. The Kier molecular flexibility index (Phi) is 8.36. The van der Waals surface area contributed by atoms with E-state index >= 15 is 0 Å². The first-order chi connectivity index (χ1) is 15.8. The van der Waals surface area contributed by atoms with E-state index in [-0.39, 0.29) is 30.5 Å². The van der Waals surface area contributed by atoms with Gasteiger partial charge in [-0.2, -0.15) is 5.06 Å². The molecule has 2 heterocycles. The summed E-state index contributed by atoms with van der Waals surface area (Å²) in [7, 11) is 3.16. The van der Waals surface area contributed by atoms with Gasteiger partial charge >= 0.3 is 6.16 Å². The van der Waals surface area contributed by atoms with Gasteiger partial charge in [-0.1, -0.05) is 11.6 Å². The van der Waals surface area contributed by atoms with E-state index in [2.05, 4.69) is 0 Å². The number of hydrogen-bond acceptors (Lipinski definition) is 8. The molecule has 1 amide bonds. The second-order valence-electron chi connectivity index (χ2n) is 7.97. The number of rotatable bonds is 8. The van der Waals surface area contributed by atoms with Crippen molar-refractivity contribution >= 4 is 29.2 Å². The van der Waals surface area contributed by atoms with Crippen LogP contribution in [0.5, 0.6) is 0 Å². The largest absolute Gasteiger partial charge is 0.513 e. The molecule has 1 spiro atoms. The van der Waals surface area contributed by atoms with Gasteiger partial charge in [0.1, 0.15) is 5.54 Å². The van der Waals surface area contributed by atoms with Crippen LogP contribution in [-0.4, -0.2) is 74.9 Å². The van der Waals surface area contributed by atoms with E-state index < -0.39 is 11.7 Å². The van der Waals surface area contributed by atoms with Gasteiger partial charge in [-0.15, -0.1) is 0 Å². The lowest BCUT2D eigenvalue weighted by Gasteiger charge is -2.43. The van der Waals surface area contributed by atoms with Crippen LogP contribution in [0, 0.1) is 13.8 Å². The second kappa shape index (κ2) is 10.8. The fourth-order valence-corrected chi connectivity index (χ4v) is 4.81. The summed E-state index contributed by atoms with van der Waals surface area (Å²) in [6.45, 7) is 7.05. The summed E-state index contributed by atoms with van der Waals surface area (Å²) >= 11 is 6.24. The standard InChI is InChI=1S/C23H31ClN2O7/c1-6-31-22(28)33-20-19(18-15(2)13-17(24)14-16(18)3)21(27)26(32-12-11-29-4)23(20)7-9-25(30-5)10-8-23/h13-14H,6-12H2,1-5H3. The number of benzene rings is 1. The molecule has 1 fully saturated rings. The molecular weight excluding hydrogens is 452 g/mol. The zero-order valence-corrected chi connectivity index (χ0v) is 20.5. The number of carbonyl (C=O) groups excluding carboxylic acids is 2. The molecule has 10 heteroatoms. The van der Waals surface area contributed by atoms with E-state index in [1.807, 2.05) is 13.8 Å². The lowest BCUT2D eigenvalue weighted by atomic mass is 9.85. The Morgan fingerprint density at radius 1 is 1.12 bits per heavy atom. The minimum atomic E-state index is -1.000. The maximum atomic E-state index is 13.9. The zero-order valence-electron chi connectivity index (χ0n) is 19.7. The van der Waals surface area contributed by atoms with Crippen LogP contribution >= 0.6 is 11.6 Å². The highest BCUT2D eigenvalue weighted by Crippen LogP contribution is 2.48. The number of hydrogen-bond donors (Lipinski definition) is 0. The molecule has 0 aromatic heterocycles. The van der Waals surface area contributed by atoms with Gasteiger partial charge in [0.2, 0.25) is 0 Å². The number of amides is 1. The smallest absolute Gasteiger partial charge is 0.434 e. The lowest BCUT2D eigenvalue weighted by Crippen LogP contribution is -2.55. The molecular formula is C23H31ClN2O7. The minimum Gasteiger partial charge on any atom is -0.434 e. The van der Waals surface area contributed by atoms with Crippen LogP contribution in [0.3, 0.4) is 0 Å². The summed E-state index contributed by atoms with van der Waals surface area (Å²) in [4.78, 5) is 37.7. The number of nitrogens with zero attached hydrogens (tertiary/aromatic N) is 2. The molecule has 1 saturated heterocycles. The normalized spacial score (nSPS) is 18.4. The van der Waals surface area contributed by atoms with Crippen LogP contribution < -0.4 is 0 Å². The fourth-order valence-electron chi connectivity index (χ4n) is 4.48. The predicted molar refractivity (Wildman–Crippen MR) is 121 cm³/mol. The van der Waals surface area contributed by atoms with Gasteiger partial charge in [-0.05, 0) is 62.4 Å². The van der Waals surface area contributed by atoms with E-state index in [4.69, 9.17) is 35.5 Å². The summed E-state index contributed by atoms with van der Waals surface area (Å²) in [5.74, 6) is -0.155. The Hall–Kier alpha value is -2.17. The highest BCUT2D eigenvalue weighted by Gasteiger charge is 2.57. The number of halogens is 1. The number of hydroxylamine groups is 4. The van der Waals surface area contributed by atoms with Crippen LogP contribution in [0.2, 0.25) is 5.02 Å². The van der Waals surface area contributed by atoms with E-state index in [0.717, 1.165) is 11.1 Å². The number of carbonyl (C=O) groups is 2. The van der Waals surface area contributed by atoms with Crippen LogP contribution in [-0.2, 0) is 28.7 Å². The second-order valence-corrected chi connectivity index (χ2v) is 8.41. The van der Waals surface area contributed by atoms with E-state index in [1.54, 1.807) is 38.3 Å². The highest BCUT2D eigenvalue weighted by molar-refractivity contribution is 6.31. The molecule has 3 rings (SSSR count). The van der Waals surface area contributed by atoms with E-state index in [9.17, 15) is 9.59 Å². The Morgan fingerprint density at radius 3 is 2.30 bits per heavy atom. The van der Waals surface area contributed by atoms with Gasteiger partial charge in [0.25, 0.3) is 5.91 Å². The van der Waals surface area contributed by atoms with Crippen molar-refractivity contribution in [1.29, 1.82) is 0 Å². The molecule has 0 radical (unpaired) electrons.